The number of nitrogens with two attached hydrogens (primary N) is 17. The molecule has 0 aliphatic heterocycles. The van der Waals surface area contributed by atoms with Crippen LogP contribution < -0.4 is 140 Å². The van der Waals surface area contributed by atoms with Gasteiger partial charge in [-0.3, -0.25) is 78.3 Å². The summed E-state index contributed by atoms with van der Waals surface area (Å²) in [5.74, 6) is -10.8. The van der Waals surface area contributed by atoms with Crippen LogP contribution >= 0.6 is 0 Å². The number of carboxylic acid groups (broad SMARTS) is 1. The molecule has 0 saturated carbocycles. The van der Waals surface area contributed by atoms with Crippen LogP contribution in [0.3, 0.4) is 0 Å². The van der Waals surface area contributed by atoms with Crippen molar-refractivity contribution in [2.24, 2.45) is 137 Å². The topological polar surface area (TPSA) is 811 Å². The van der Waals surface area contributed by atoms with E-state index in [1.165, 1.54) is 0 Å². The predicted molar refractivity (Wildman–Crippen MR) is 351 cm³/mol. The van der Waals surface area contributed by atoms with Gasteiger partial charge in [-0.25, -0.2) is 4.79 Å². The van der Waals surface area contributed by atoms with E-state index in [-0.39, 0.29) is 203 Å². The standard InChI is InChI=1S/C50H101N33O10/c51-25-34(84)76-26(9-1-17-68-43(52)53)35(85)77-27(10-2-18-69-44(54)55)36(86)78-28(11-3-19-70-45(56)57)37(87)79-29(12-4-20-71-46(58)59)38(88)80-30(13-5-21-72-47(60)61)39(89)81-31(14-6-22-73-48(62)63)40(90)82-32(15-7-23-74-49(64)65)41(91)83-33(42(92)93)16-8-24-75-50(66)67/h26-33H,1-25,51H2,(H,76,84)(H,77,85)(H,78,86)(H,79,87)(H,80,88)(H,81,89)(H,82,90)(H,83,91)(H,92,93)(H4,52,53,68)(H4,54,55,69)(H4,56,57,70)(H4,58,59,71)(H4,60,61,72)(H4,62,63,73)(H4,64,65,74)(H4,66,67,75)/t26-,27-,28-,29-,30-,31-,32-,33-/m0/s1. The van der Waals surface area contributed by atoms with E-state index in [1.807, 2.05) is 0 Å². The number of nitrogens with zero attached hydrogens (tertiary/aromatic N) is 8. The summed E-state index contributed by atoms with van der Waals surface area (Å²) in [7, 11) is 0. The smallest absolute Gasteiger partial charge is 0.326 e. The first-order chi connectivity index (χ1) is 43.9. The van der Waals surface area contributed by atoms with Gasteiger partial charge in [0, 0.05) is 52.4 Å². The molecule has 0 bridgehead atoms. The molecule has 0 saturated heterocycles. The fraction of sp³-hybridized carbons (Fsp3) is 0.660. The molecule has 0 aromatic heterocycles. The Bertz CT molecular complexity index is 2620. The first-order valence-electron chi connectivity index (χ1n) is 29.6. The van der Waals surface area contributed by atoms with Crippen molar-refractivity contribution in [2.75, 3.05) is 58.9 Å². The SMILES string of the molecule is NCC(=O)N[C@@H](CCCN=C(N)N)C(=O)N[C@@H](CCCN=C(N)N)C(=O)N[C@@H](CCCN=C(N)N)C(=O)N[C@@H](CCCN=C(N)N)C(=O)N[C@@H](CCCN=C(N)N)C(=O)N[C@@H](CCCN=C(N)N)C(=O)N[C@@H](CCCN=C(N)N)C(=O)N[C@@H](CCCN=C(N)N)C(=O)O. The van der Waals surface area contributed by atoms with Gasteiger partial charge in [0.15, 0.2) is 47.7 Å². The zero-order valence-electron chi connectivity index (χ0n) is 52.3. The Morgan fingerprint density at radius 2 is 0.387 bits per heavy atom. The maximum Gasteiger partial charge on any atom is 0.326 e. The second-order valence-corrected chi connectivity index (χ2v) is 20.7. The number of hydrogen-bond acceptors (Lipinski definition) is 18. The Labute approximate surface area is 537 Å². The fourth-order valence-corrected chi connectivity index (χ4v) is 8.33. The molecule has 0 aliphatic carbocycles. The Morgan fingerprint density at radius 1 is 0.247 bits per heavy atom. The third-order valence-electron chi connectivity index (χ3n) is 12.8. The molecule has 93 heavy (non-hydrogen) atoms. The second kappa shape index (κ2) is 47.3. The maximum atomic E-state index is 14.7. The molecule has 0 spiro atoms. The number of carboxylic acids is 1. The van der Waals surface area contributed by atoms with Crippen LogP contribution in [0.4, 0.5) is 0 Å². The number of aliphatic carboxylic acids is 1. The minimum Gasteiger partial charge on any atom is -0.480 e. The quantitative estimate of drug-likeness (QED) is 0.0153. The molecular weight excluding hydrogens is 1220 g/mol. The number of hydrogen-bond donors (Lipinski definition) is 26. The average molecular weight is 1320 g/mol. The summed E-state index contributed by atoms with van der Waals surface area (Å²) >= 11 is 0. The lowest BCUT2D eigenvalue weighted by Crippen LogP contribution is -2.60. The lowest BCUT2D eigenvalue weighted by atomic mass is 10.0. The third-order valence-corrected chi connectivity index (χ3v) is 12.8. The highest BCUT2D eigenvalue weighted by Crippen LogP contribution is 2.12. The summed E-state index contributed by atoms with van der Waals surface area (Å²) in [4.78, 5) is 157. The highest BCUT2D eigenvalue weighted by atomic mass is 16.4. The molecular formula is C50H101N33O10. The average Bonchev–Trinajstić information content (AvgIpc) is 3.65. The minimum atomic E-state index is -1.55. The fourth-order valence-electron chi connectivity index (χ4n) is 8.33. The molecule has 0 rings (SSSR count). The van der Waals surface area contributed by atoms with Crippen LogP contribution in [-0.2, 0) is 43.2 Å². The van der Waals surface area contributed by atoms with Crippen LogP contribution in [0.25, 0.3) is 0 Å². The zero-order chi connectivity index (χ0) is 70.4. The van der Waals surface area contributed by atoms with Gasteiger partial charge in [-0.05, 0) is 103 Å². The maximum absolute atomic E-state index is 14.7. The van der Waals surface area contributed by atoms with Gasteiger partial charge in [-0.1, -0.05) is 0 Å². The molecule has 526 valence electrons. The van der Waals surface area contributed by atoms with Crippen LogP contribution in [-0.4, -0.2) is 213 Å². The molecule has 0 aromatic carbocycles. The molecule has 43 nitrogen and oxygen atoms in total. The highest BCUT2D eigenvalue weighted by Gasteiger charge is 2.35. The number of nitrogens with one attached hydrogen (secondary N) is 8. The van der Waals surface area contributed by atoms with Crippen LogP contribution in [0.1, 0.15) is 103 Å². The summed E-state index contributed by atoms with van der Waals surface area (Å²) in [6, 6.07) is -11.7. The van der Waals surface area contributed by atoms with Crippen LogP contribution in [0.5, 0.6) is 0 Å². The van der Waals surface area contributed by atoms with E-state index in [0.717, 1.165) is 0 Å². The lowest BCUT2D eigenvalue weighted by molar-refractivity contribution is -0.142. The van der Waals surface area contributed by atoms with Crippen molar-refractivity contribution in [3.63, 3.8) is 0 Å². The van der Waals surface area contributed by atoms with E-state index in [4.69, 9.17) is 97.5 Å². The van der Waals surface area contributed by atoms with E-state index < -0.39 is 108 Å². The molecule has 8 amide bonds. The van der Waals surface area contributed by atoms with Gasteiger partial charge < -0.3 is 145 Å². The summed E-state index contributed by atoms with van der Waals surface area (Å²) in [6.07, 6.45) is -0.553. The van der Waals surface area contributed by atoms with Crippen molar-refractivity contribution in [1.29, 1.82) is 0 Å². The van der Waals surface area contributed by atoms with Crippen LogP contribution in [0, 0.1) is 0 Å². The van der Waals surface area contributed by atoms with E-state index in [1.54, 1.807) is 0 Å². The van der Waals surface area contributed by atoms with Gasteiger partial charge >= 0.3 is 5.97 Å². The molecule has 43 heteroatoms. The molecule has 0 unspecified atom stereocenters. The number of aliphatic imine (C=N–C) groups is 8. The van der Waals surface area contributed by atoms with Crippen molar-refractivity contribution >= 4 is 101 Å². The largest absolute Gasteiger partial charge is 0.480 e. The number of amides is 8. The van der Waals surface area contributed by atoms with Crippen molar-refractivity contribution in [3.05, 3.63) is 0 Å². The summed E-state index contributed by atoms with van der Waals surface area (Å²) in [5.41, 5.74) is 93.8. The van der Waals surface area contributed by atoms with Crippen molar-refractivity contribution < 1.29 is 48.3 Å². The van der Waals surface area contributed by atoms with Crippen molar-refractivity contribution in [2.45, 2.75) is 151 Å². The van der Waals surface area contributed by atoms with E-state index in [2.05, 4.69) is 82.5 Å². The molecule has 8 atom stereocenters. The summed E-state index contributed by atoms with van der Waals surface area (Å²) < 4.78 is 0. The zero-order valence-corrected chi connectivity index (χ0v) is 52.3. The molecule has 0 aromatic rings. The van der Waals surface area contributed by atoms with Gasteiger partial charge in [0.25, 0.3) is 0 Å². The Morgan fingerprint density at radius 3 is 0.527 bits per heavy atom. The molecule has 0 radical (unpaired) electrons. The number of carbonyl (C=O) groups excluding carboxylic acids is 8. The van der Waals surface area contributed by atoms with E-state index in [9.17, 15) is 48.3 Å². The minimum absolute atomic E-state index is 0.00288. The van der Waals surface area contributed by atoms with E-state index >= 15 is 0 Å². The Hall–Kier alpha value is -10.6. The molecule has 0 aliphatic rings. The number of rotatable bonds is 49. The first kappa shape index (κ1) is 82.3. The van der Waals surface area contributed by atoms with Gasteiger partial charge in [0.05, 0.1) is 6.54 Å². The van der Waals surface area contributed by atoms with Crippen molar-refractivity contribution in [1.82, 2.24) is 42.5 Å². The van der Waals surface area contributed by atoms with Gasteiger partial charge in [-0.15, -0.1) is 0 Å². The van der Waals surface area contributed by atoms with Crippen LogP contribution in [0.15, 0.2) is 39.9 Å². The molecule has 0 heterocycles. The summed E-state index contributed by atoms with van der Waals surface area (Å²) in [5, 5.41) is 30.6. The summed E-state index contributed by atoms with van der Waals surface area (Å²) in [6.45, 7) is -0.607. The third kappa shape index (κ3) is 41.3. The Kier molecular flexibility index (Phi) is 41.9. The van der Waals surface area contributed by atoms with Crippen LogP contribution in [0.2, 0.25) is 0 Å². The lowest BCUT2D eigenvalue weighted by Gasteiger charge is -2.28. The first-order valence-corrected chi connectivity index (χ1v) is 29.6. The second-order valence-electron chi connectivity index (χ2n) is 20.7. The Balaban J connectivity index is 7.64. The monoisotopic (exact) mass is 1320 g/mol. The number of guanidine groups is 8. The molecule has 43 N–H and O–H groups in total. The predicted octanol–water partition coefficient (Wildman–Crippen LogP) is -12.7. The van der Waals surface area contributed by atoms with Crippen molar-refractivity contribution in [3.8, 4) is 0 Å². The highest BCUT2D eigenvalue weighted by molar-refractivity contribution is 5.98. The number of carbonyl (C=O) groups is 9. The normalized spacial score (nSPS) is 13.1. The van der Waals surface area contributed by atoms with Gasteiger partial charge in [0.1, 0.15) is 48.3 Å². The van der Waals surface area contributed by atoms with Gasteiger partial charge in [-0.2, -0.15) is 0 Å². The molecule has 0 fully saturated rings. The van der Waals surface area contributed by atoms with E-state index in [0.29, 0.717) is 0 Å². The van der Waals surface area contributed by atoms with Gasteiger partial charge in [0.2, 0.25) is 47.3 Å².